The highest BCUT2D eigenvalue weighted by atomic mass is 79.9. The van der Waals surface area contributed by atoms with Gasteiger partial charge in [0.05, 0.1) is 5.57 Å². The molecule has 0 saturated carbocycles. The molecule has 0 unspecified atom stereocenters. The van der Waals surface area contributed by atoms with Crippen LogP contribution in [0.5, 0.6) is 0 Å². The Balaban J connectivity index is 2.93. The molecule has 1 aromatic rings. The average molecular weight is 301 g/mol. The first-order chi connectivity index (χ1) is 7.69. The molecule has 1 aromatic carbocycles. The number of carbonyl (C=O) groups excluding carboxylic acids is 1. The van der Waals surface area contributed by atoms with Crippen LogP contribution in [0.2, 0.25) is 0 Å². The van der Waals surface area contributed by atoms with E-state index in [-0.39, 0.29) is 5.57 Å². The first kappa shape index (κ1) is 13.9. The minimum atomic E-state index is -0.593. The Morgan fingerprint density at radius 3 is 2.41 bits per heavy atom. The molecule has 0 saturated heterocycles. The zero-order valence-corrected chi connectivity index (χ0v) is 11.6. The molecule has 4 heteroatoms. The van der Waals surface area contributed by atoms with Gasteiger partial charge >= 0.3 is 5.97 Å². The third kappa shape index (κ3) is 4.30. The molecule has 0 atom stereocenters. The second kappa shape index (κ2) is 5.00. The molecule has 0 aliphatic heterocycles. The van der Waals surface area contributed by atoms with Crippen molar-refractivity contribution in [2.75, 3.05) is 0 Å². The number of benzene rings is 1. The van der Waals surface area contributed by atoms with Gasteiger partial charge in [-0.15, -0.1) is 0 Å². The number of hydrogen-bond donors (Lipinski definition) is 0. The summed E-state index contributed by atoms with van der Waals surface area (Å²) in [4.78, 5) is 11.7. The van der Waals surface area contributed by atoms with E-state index in [1.165, 1.54) is 12.1 Å². The Bertz CT molecular complexity index is 441. The zero-order valence-electron chi connectivity index (χ0n) is 10.0. The second-order valence-electron chi connectivity index (χ2n) is 4.64. The molecule has 0 heterocycles. The summed E-state index contributed by atoms with van der Waals surface area (Å²) in [6.45, 7) is 8.92. The minimum absolute atomic E-state index is 0.139. The standard InChI is InChI=1S/C13H14BrFO2/c1-8(12(16)17-13(2,3)4)9-5-10(14)7-11(15)6-9/h5-7H,1H2,2-4H3. The van der Waals surface area contributed by atoms with Crippen molar-refractivity contribution in [3.8, 4) is 0 Å². The summed E-state index contributed by atoms with van der Waals surface area (Å²) in [5.74, 6) is -0.978. The Morgan fingerprint density at radius 2 is 1.94 bits per heavy atom. The fourth-order valence-electron chi connectivity index (χ4n) is 1.19. The van der Waals surface area contributed by atoms with E-state index in [0.29, 0.717) is 10.0 Å². The topological polar surface area (TPSA) is 26.3 Å². The molecule has 0 aromatic heterocycles. The van der Waals surface area contributed by atoms with Crippen molar-refractivity contribution in [3.05, 3.63) is 40.6 Å². The summed E-state index contributed by atoms with van der Waals surface area (Å²) >= 11 is 3.16. The molecule has 0 N–H and O–H groups in total. The average Bonchev–Trinajstić information content (AvgIpc) is 2.12. The van der Waals surface area contributed by atoms with Gasteiger partial charge in [0.2, 0.25) is 0 Å². The largest absolute Gasteiger partial charge is 0.456 e. The van der Waals surface area contributed by atoms with E-state index in [0.717, 1.165) is 0 Å². The van der Waals surface area contributed by atoms with E-state index >= 15 is 0 Å². The number of carbonyl (C=O) groups is 1. The van der Waals surface area contributed by atoms with Crippen molar-refractivity contribution in [1.29, 1.82) is 0 Å². The van der Waals surface area contributed by atoms with Crippen LogP contribution in [0.15, 0.2) is 29.3 Å². The maximum atomic E-state index is 13.2. The predicted molar refractivity (Wildman–Crippen MR) is 69.0 cm³/mol. The summed E-state index contributed by atoms with van der Waals surface area (Å²) in [6.07, 6.45) is 0. The maximum Gasteiger partial charge on any atom is 0.338 e. The van der Waals surface area contributed by atoms with Crippen molar-refractivity contribution in [2.24, 2.45) is 0 Å². The number of hydrogen-bond acceptors (Lipinski definition) is 2. The lowest BCUT2D eigenvalue weighted by Gasteiger charge is -2.20. The highest BCUT2D eigenvalue weighted by molar-refractivity contribution is 9.10. The van der Waals surface area contributed by atoms with E-state index in [2.05, 4.69) is 22.5 Å². The van der Waals surface area contributed by atoms with Gasteiger partial charge in [-0.1, -0.05) is 22.5 Å². The fourth-order valence-corrected chi connectivity index (χ4v) is 1.65. The summed E-state index contributed by atoms with van der Waals surface area (Å²) in [6, 6.07) is 4.18. The van der Waals surface area contributed by atoms with E-state index in [1.807, 2.05) is 0 Å². The predicted octanol–water partition coefficient (Wildman–Crippen LogP) is 3.94. The minimum Gasteiger partial charge on any atom is -0.456 e. The zero-order chi connectivity index (χ0) is 13.2. The molecule has 1 rings (SSSR count). The fraction of sp³-hybridized carbons (Fsp3) is 0.308. The molecule has 0 bridgehead atoms. The lowest BCUT2D eigenvalue weighted by Crippen LogP contribution is -2.24. The Hall–Kier alpha value is -1.16. The van der Waals surface area contributed by atoms with Crippen LogP contribution in [-0.4, -0.2) is 11.6 Å². The van der Waals surface area contributed by atoms with Gasteiger partial charge in [0, 0.05) is 4.47 Å². The smallest absolute Gasteiger partial charge is 0.338 e. The molecule has 0 radical (unpaired) electrons. The van der Waals surface area contributed by atoms with E-state index in [1.54, 1.807) is 26.8 Å². The first-order valence-corrected chi connectivity index (χ1v) is 5.87. The van der Waals surface area contributed by atoms with Crippen LogP contribution in [0.3, 0.4) is 0 Å². The summed E-state index contributed by atoms with van der Waals surface area (Å²) < 4.78 is 18.9. The van der Waals surface area contributed by atoms with Crippen molar-refractivity contribution in [1.82, 2.24) is 0 Å². The van der Waals surface area contributed by atoms with Crippen molar-refractivity contribution in [2.45, 2.75) is 26.4 Å². The third-order valence-electron chi connectivity index (χ3n) is 1.86. The van der Waals surface area contributed by atoms with Crippen LogP contribution >= 0.6 is 15.9 Å². The van der Waals surface area contributed by atoms with Gasteiger partial charge in [-0.3, -0.25) is 0 Å². The van der Waals surface area contributed by atoms with Crippen LogP contribution in [0.1, 0.15) is 26.3 Å². The molecular formula is C13H14BrFO2. The Kier molecular flexibility index (Phi) is 4.09. The Labute approximate surface area is 109 Å². The van der Waals surface area contributed by atoms with Crippen molar-refractivity contribution >= 4 is 27.5 Å². The molecule has 0 amide bonds. The van der Waals surface area contributed by atoms with Gasteiger partial charge in [-0.2, -0.15) is 0 Å². The number of rotatable bonds is 2. The lowest BCUT2D eigenvalue weighted by atomic mass is 10.1. The lowest BCUT2D eigenvalue weighted by molar-refractivity contribution is -0.147. The highest BCUT2D eigenvalue weighted by Gasteiger charge is 2.20. The summed E-state index contributed by atoms with van der Waals surface area (Å²) in [5, 5.41) is 0. The molecule has 0 aliphatic carbocycles. The molecule has 0 fully saturated rings. The van der Waals surface area contributed by atoms with Crippen LogP contribution in [-0.2, 0) is 9.53 Å². The van der Waals surface area contributed by atoms with Crippen molar-refractivity contribution in [3.63, 3.8) is 0 Å². The third-order valence-corrected chi connectivity index (χ3v) is 2.31. The summed E-state index contributed by atoms with van der Waals surface area (Å²) in [5.41, 5.74) is -0.0452. The number of esters is 1. The molecule has 2 nitrogen and oxygen atoms in total. The highest BCUT2D eigenvalue weighted by Crippen LogP contribution is 2.22. The summed E-state index contributed by atoms with van der Waals surface area (Å²) in [7, 11) is 0. The van der Waals surface area contributed by atoms with E-state index in [9.17, 15) is 9.18 Å². The molecule has 0 aliphatic rings. The molecule has 17 heavy (non-hydrogen) atoms. The number of ether oxygens (including phenoxy) is 1. The molecular weight excluding hydrogens is 287 g/mol. The normalized spacial score (nSPS) is 11.1. The van der Waals surface area contributed by atoms with Gasteiger partial charge in [0.15, 0.2) is 0 Å². The van der Waals surface area contributed by atoms with Gasteiger partial charge in [0.25, 0.3) is 0 Å². The monoisotopic (exact) mass is 300 g/mol. The van der Waals surface area contributed by atoms with Crippen LogP contribution in [0.4, 0.5) is 4.39 Å². The quantitative estimate of drug-likeness (QED) is 0.611. The SMILES string of the molecule is C=C(C(=O)OC(C)(C)C)c1cc(F)cc(Br)c1. The van der Waals surface area contributed by atoms with Gasteiger partial charge < -0.3 is 4.74 Å². The molecule has 0 spiro atoms. The first-order valence-electron chi connectivity index (χ1n) is 5.08. The second-order valence-corrected chi connectivity index (χ2v) is 5.55. The molecule has 92 valence electrons. The van der Waals surface area contributed by atoms with Crippen LogP contribution in [0.25, 0.3) is 5.57 Å². The van der Waals surface area contributed by atoms with Gasteiger partial charge in [0.1, 0.15) is 11.4 Å². The van der Waals surface area contributed by atoms with E-state index < -0.39 is 17.4 Å². The van der Waals surface area contributed by atoms with Gasteiger partial charge in [-0.05, 0) is 44.5 Å². The Morgan fingerprint density at radius 1 is 1.35 bits per heavy atom. The van der Waals surface area contributed by atoms with Gasteiger partial charge in [-0.25, -0.2) is 9.18 Å². The maximum absolute atomic E-state index is 13.2. The van der Waals surface area contributed by atoms with E-state index in [4.69, 9.17) is 4.74 Å². The van der Waals surface area contributed by atoms with Crippen LogP contribution < -0.4 is 0 Å². The number of halogens is 2. The van der Waals surface area contributed by atoms with Crippen LogP contribution in [0, 0.1) is 5.82 Å². The van der Waals surface area contributed by atoms with Crippen molar-refractivity contribution < 1.29 is 13.9 Å².